The summed E-state index contributed by atoms with van der Waals surface area (Å²) in [6, 6.07) is 12.2. The maximum Gasteiger partial charge on any atom is 0.252 e. The zero-order valence-electron chi connectivity index (χ0n) is 21.2. The molecular weight excluding hydrogens is 452 g/mol. The van der Waals surface area contributed by atoms with Gasteiger partial charge in [-0.25, -0.2) is 4.98 Å². The lowest BCUT2D eigenvalue weighted by atomic mass is 10.1. The van der Waals surface area contributed by atoms with Crippen LogP contribution in [0.5, 0.6) is 0 Å². The summed E-state index contributed by atoms with van der Waals surface area (Å²) in [5.41, 5.74) is 3.15. The minimum absolute atomic E-state index is 0.313. The van der Waals surface area contributed by atoms with Crippen molar-refractivity contribution in [3.05, 3.63) is 79.0 Å². The van der Waals surface area contributed by atoms with Crippen molar-refractivity contribution in [1.82, 2.24) is 19.5 Å². The van der Waals surface area contributed by atoms with Gasteiger partial charge in [0.1, 0.15) is 11.6 Å². The number of carbonyl (C=O) groups excluding carboxylic acids is 2. The maximum absolute atomic E-state index is 11.8. The van der Waals surface area contributed by atoms with Gasteiger partial charge in [0.05, 0.1) is 6.20 Å². The topological polar surface area (TPSA) is 91.6 Å². The molecule has 0 aliphatic heterocycles. The van der Waals surface area contributed by atoms with E-state index in [2.05, 4.69) is 54.9 Å². The summed E-state index contributed by atoms with van der Waals surface area (Å²) in [5, 5.41) is 11.5. The average molecular weight is 489 g/mol. The van der Waals surface area contributed by atoms with Crippen molar-refractivity contribution in [3.63, 3.8) is 0 Å². The van der Waals surface area contributed by atoms with Crippen LogP contribution in [-0.4, -0.2) is 44.4 Å². The van der Waals surface area contributed by atoms with Gasteiger partial charge in [-0.05, 0) is 36.5 Å². The number of nitrogens with zero attached hydrogens (tertiary/aromatic N) is 4. The van der Waals surface area contributed by atoms with Crippen molar-refractivity contribution < 1.29 is 9.59 Å². The maximum atomic E-state index is 11.8. The van der Waals surface area contributed by atoms with Crippen LogP contribution < -0.4 is 10.6 Å². The lowest BCUT2D eigenvalue weighted by Crippen LogP contribution is -2.35. The molecule has 0 unspecified atom stereocenters. The van der Waals surface area contributed by atoms with Crippen LogP contribution in [0.3, 0.4) is 0 Å². The molecular formula is C28H36N6O2. The predicted octanol–water partition coefficient (Wildman–Crippen LogP) is 5.16. The molecule has 8 heteroatoms. The Morgan fingerprint density at radius 1 is 1.03 bits per heavy atom. The first kappa shape index (κ1) is 26.7. The Balaban J connectivity index is 1.56. The van der Waals surface area contributed by atoms with E-state index in [1.54, 1.807) is 0 Å². The number of hydrogen-bond donors (Lipinski definition) is 2. The van der Waals surface area contributed by atoms with Crippen LogP contribution in [0.15, 0.2) is 67.9 Å². The quantitative estimate of drug-likeness (QED) is 0.240. The zero-order valence-corrected chi connectivity index (χ0v) is 21.2. The standard InChI is InChI=1S/C28H36N6O2/c1-5-26(35)33(27(36)6-2)17-13-8-7-12-16-29-24-18-25(30-19-22-14-10-9-11-15-22)34-28(32-24)23(20-31-34)21(3)4/h5-6,9-11,14-15,18,20-21,30H,1-2,7-8,12-13,16-17,19H2,3-4H3,(H,29,32). The van der Waals surface area contributed by atoms with Gasteiger partial charge in [-0.3, -0.25) is 14.5 Å². The van der Waals surface area contributed by atoms with E-state index in [0.29, 0.717) is 19.0 Å². The summed E-state index contributed by atoms with van der Waals surface area (Å²) in [6.45, 7) is 13.0. The molecule has 0 radical (unpaired) electrons. The Morgan fingerprint density at radius 3 is 2.39 bits per heavy atom. The number of rotatable bonds is 14. The highest BCUT2D eigenvalue weighted by atomic mass is 16.2. The summed E-state index contributed by atoms with van der Waals surface area (Å²) in [7, 11) is 0. The summed E-state index contributed by atoms with van der Waals surface area (Å²) in [4.78, 5) is 29.7. The summed E-state index contributed by atoms with van der Waals surface area (Å²) >= 11 is 0. The number of anilines is 2. The molecule has 36 heavy (non-hydrogen) atoms. The molecule has 0 fully saturated rings. The monoisotopic (exact) mass is 488 g/mol. The largest absolute Gasteiger partial charge is 0.370 e. The van der Waals surface area contributed by atoms with Gasteiger partial charge in [0, 0.05) is 31.3 Å². The molecule has 0 spiro atoms. The van der Waals surface area contributed by atoms with Crippen molar-refractivity contribution in [2.24, 2.45) is 0 Å². The number of aromatic nitrogens is 3. The molecule has 2 N–H and O–H groups in total. The molecule has 8 nitrogen and oxygen atoms in total. The predicted molar refractivity (Wildman–Crippen MR) is 145 cm³/mol. The molecule has 2 amide bonds. The number of imide groups is 1. The molecule has 0 saturated heterocycles. The molecule has 0 aliphatic carbocycles. The van der Waals surface area contributed by atoms with E-state index in [1.165, 1.54) is 10.5 Å². The molecule has 2 aromatic heterocycles. The number of fused-ring (bicyclic) bond motifs is 1. The summed E-state index contributed by atoms with van der Waals surface area (Å²) in [6.07, 6.45) is 7.76. The van der Waals surface area contributed by atoms with Crippen LogP contribution in [0.2, 0.25) is 0 Å². The van der Waals surface area contributed by atoms with Gasteiger partial charge < -0.3 is 10.6 Å². The Kier molecular flexibility index (Phi) is 9.80. The Labute approximate surface area is 213 Å². The van der Waals surface area contributed by atoms with Crippen molar-refractivity contribution in [3.8, 4) is 0 Å². The van der Waals surface area contributed by atoms with Crippen molar-refractivity contribution in [1.29, 1.82) is 0 Å². The van der Waals surface area contributed by atoms with Gasteiger partial charge in [0.2, 0.25) is 0 Å². The van der Waals surface area contributed by atoms with E-state index in [9.17, 15) is 9.59 Å². The fraction of sp³-hybridized carbons (Fsp3) is 0.357. The molecule has 3 aromatic rings. The molecule has 1 aromatic carbocycles. The average Bonchev–Trinajstić information content (AvgIpc) is 3.33. The Morgan fingerprint density at radius 2 is 1.72 bits per heavy atom. The second kappa shape index (κ2) is 13.2. The van der Waals surface area contributed by atoms with E-state index >= 15 is 0 Å². The van der Waals surface area contributed by atoms with Gasteiger partial charge in [0.15, 0.2) is 5.65 Å². The van der Waals surface area contributed by atoms with Gasteiger partial charge >= 0.3 is 0 Å². The Bertz CT molecular complexity index is 1170. The van der Waals surface area contributed by atoms with E-state index in [0.717, 1.165) is 67.2 Å². The SMILES string of the molecule is C=CC(=O)N(CCCCCCNc1cc(NCc2ccccc2)n2ncc(C(C)C)c2n1)C(=O)C=C. The van der Waals surface area contributed by atoms with Crippen LogP contribution in [-0.2, 0) is 16.1 Å². The first-order valence-electron chi connectivity index (χ1n) is 12.4. The second-order valence-electron chi connectivity index (χ2n) is 8.93. The van der Waals surface area contributed by atoms with E-state index < -0.39 is 0 Å². The number of carbonyl (C=O) groups is 2. The first-order chi connectivity index (χ1) is 17.4. The van der Waals surface area contributed by atoms with Crippen molar-refractivity contribution >= 4 is 29.1 Å². The molecule has 0 aliphatic rings. The normalized spacial score (nSPS) is 10.9. The van der Waals surface area contributed by atoms with Crippen LogP contribution in [0.1, 0.15) is 56.6 Å². The highest BCUT2D eigenvalue weighted by Crippen LogP contribution is 2.24. The minimum atomic E-state index is -0.389. The van der Waals surface area contributed by atoms with Gasteiger partial charge in [-0.2, -0.15) is 9.61 Å². The molecule has 2 heterocycles. The van der Waals surface area contributed by atoms with Gasteiger partial charge in [-0.1, -0.05) is 70.2 Å². The number of unbranched alkanes of at least 4 members (excludes halogenated alkanes) is 3. The molecule has 3 rings (SSSR count). The minimum Gasteiger partial charge on any atom is -0.370 e. The smallest absolute Gasteiger partial charge is 0.252 e. The third-order valence-electron chi connectivity index (χ3n) is 5.93. The number of benzene rings is 1. The first-order valence-corrected chi connectivity index (χ1v) is 12.4. The lowest BCUT2D eigenvalue weighted by Gasteiger charge is -2.17. The van der Waals surface area contributed by atoms with Crippen LogP contribution in [0, 0.1) is 0 Å². The van der Waals surface area contributed by atoms with E-state index in [1.807, 2.05) is 35.0 Å². The fourth-order valence-corrected chi connectivity index (χ4v) is 3.91. The van der Waals surface area contributed by atoms with Crippen molar-refractivity contribution in [2.45, 2.75) is 52.0 Å². The van der Waals surface area contributed by atoms with Gasteiger partial charge in [0.25, 0.3) is 11.8 Å². The highest BCUT2D eigenvalue weighted by molar-refractivity contribution is 6.04. The van der Waals surface area contributed by atoms with E-state index in [-0.39, 0.29) is 11.8 Å². The number of amides is 2. The zero-order chi connectivity index (χ0) is 25.9. The Hall–Kier alpha value is -3.94. The highest BCUT2D eigenvalue weighted by Gasteiger charge is 2.16. The van der Waals surface area contributed by atoms with Crippen LogP contribution in [0.4, 0.5) is 11.6 Å². The van der Waals surface area contributed by atoms with E-state index in [4.69, 9.17) is 4.98 Å². The third-order valence-corrected chi connectivity index (χ3v) is 5.93. The fourth-order valence-electron chi connectivity index (χ4n) is 3.91. The van der Waals surface area contributed by atoms with Crippen molar-refractivity contribution in [2.75, 3.05) is 23.7 Å². The van der Waals surface area contributed by atoms with Gasteiger partial charge in [-0.15, -0.1) is 0 Å². The summed E-state index contributed by atoms with van der Waals surface area (Å²) < 4.78 is 1.87. The number of hydrogen-bond acceptors (Lipinski definition) is 6. The third kappa shape index (κ3) is 7.04. The summed E-state index contributed by atoms with van der Waals surface area (Å²) in [5.74, 6) is 1.23. The molecule has 0 atom stereocenters. The molecule has 190 valence electrons. The second-order valence-corrected chi connectivity index (χ2v) is 8.93. The molecule has 0 bridgehead atoms. The molecule has 0 saturated carbocycles. The van der Waals surface area contributed by atoms with Crippen LogP contribution in [0.25, 0.3) is 5.65 Å². The number of nitrogens with one attached hydrogen (secondary N) is 2. The lowest BCUT2D eigenvalue weighted by molar-refractivity contribution is -0.138. The van der Waals surface area contributed by atoms with Crippen LogP contribution >= 0.6 is 0 Å².